The zero-order chi connectivity index (χ0) is 15.6. The van der Waals surface area contributed by atoms with Gasteiger partial charge in [-0.2, -0.15) is 0 Å². The van der Waals surface area contributed by atoms with Gasteiger partial charge in [0.25, 0.3) is 0 Å². The summed E-state index contributed by atoms with van der Waals surface area (Å²) in [4.78, 5) is 10.7. The minimum absolute atomic E-state index is 0.369. The van der Waals surface area contributed by atoms with Gasteiger partial charge in [0.2, 0.25) is 5.88 Å². The van der Waals surface area contributed by atoms with E-state index in [0.717, 1.165) is 18.3 Å². The zero-order valence-corrected chi connectivity index (χ0v) is 13.7. The van der Waals surface area contributed by atoms with E-state index in [9.17, 15) is 0 Å². The average molecular weight is 330 g/mol. The second-order valence-corrected chi connectivity index (χ2v) is 6.75. The van der Waals surface area contributed by atoms with Gasteiger partial charge >= 0.3 is 0 Å². The molecule has 1 aromatic rings. The van der Waals surface area contributed by atoms with Gasteiger partial charge in [0.15, 0.2) is 0 Å². The lowest BCUT2D eigenvalue weighted by atomic mass is 9.90. The highest BCUT2D eigenvalue weighted by molar-refractivity contribution is 6.29. The number of hydrogen-bond donors (Lipinski definition) is 0. The third-order valence-corrected chi connectivity index (χ3v) is 5.12. The first-order chi connectivity index (χ1) is 11.3. The van der Waals surface area contributed by atoms with Crippen molar-refractivity contribution in [3.8, 4) is 5.88 Å². The zero-order valence-electron chi connectivity index (χ0n) is 13.0. The number of halogens is 1. The van der Waals surface area contributed by atoms with Gasteiger partial charge in [-0.15, -0.1) is 0 Å². The van der Waals surface area contributed by atoms with Crippen LogP contribution in [0.2, 0.25) is 5.15 Å². The number of ether oxygens (including phenoxy) is 1. The molecule has 120 valence electrons. The molecule has 4 rings (SSSR count). The van der Waals surface area contributed by atoms with Crippen molar-refractivity contribution in [3.05, 3.63) is 53.2 Å². The molecule has 0 saturated heterocycles. The first-order valence-corrected chi connectivity index (χ1v) is 8.65. The van der Waals surface area contributed by atoms with Gasteiger partial charge < -0.3 is 4.74 Å². The van der Waals surface area contributed by atoms with Crippen LogP contribution < -0.4 is 4.74 Å². The van der Waals surface area contributed by atoms with Crippen molar-refractivity contribution in [3.63, 3.8) is 0 Å². The highest BCUT2D eigenvalue weighted by Gasteiger charge is 2.27. The van der Waals surface area contributed by atoms with Crippen LogP contribution in [0.1, 0.15) is 25.7 Å². The molecule has 0 spiro atoms. The third kappa shape index (κ3) is 3.33. The topological polar surface area (TPSA) is 38.2 Å². The predicted octanol–water partition coefficient (Wildman–Crippen LogP) is 3.76. The summed E-state index contributed by atoms with van der Waals surface area (Å²) < 4.78 is 5.79. The molecule has 5 heteroatoms. The maximum atomic E-state index is 5.79. The minimum atomic E-state index is 0.369. The molecule has 1 saturated carbocycles. The molecule has 1 fully saturated rings. The molecule has 1 atom stereocenters. The number of fused-ring (bicyclic) bond motifs is 1. The van der Waals surface area contributed by atoms with E-state index in [4.69, 9.17) is 16.3 Å². The van der Waals surface area contributed by atoms with E-state index in [1.807, 2.05) is 6.08 Å². The summed E-state index contributed by atoms with van der Waals surface area (Å²) in [6.45, 7) is 2.24. The van der Waals surface area contributed by atoms with Crippen molar-refractivity contribution in [1.82, 2.24) is 14.9 Å². The number of nitrogens with zero attached hydrogens (tertiary/aromatic N) is 3. The summed E-state index contributed by atoms with van der Waals surface area (Å²) in [5.41, 5.74) is 1.35. The van der Waals surface area contributed by atoms with Gasteiger partial charge in [-0.05, 0) is 43.5 Å². The van der Waals surface area contributed by atoms with Crippen LogP contribution in [0.25, 0.3) is 0 Å². The normalized spacial score (nSPS) is 25.0. The minimum Gasteiger partial charge on any atom is -0.438 e. The quantitative estimate of drug-likeness (QED) is 0.846. The molecule has 1 unspecified atom stereocenters. The molecule has 2 aliphatic carbocycles. The van der Waals surface area contributed by atoms with Crippen molar-refractivity contribution in [1.29, 1.82) is 0 Å². The van der Waals surface area contributed by atoms with Crippen LogP contribution in [0.5, 0.6) is 5.88 Å². The van der Waals surface area contributed by atoms with Crippen LogP contribution in [0.15, 0.2) is 48.0 Å². The molecular formula is C18H20ClN3O. The SMILES string of the molecule is Clc1cnc(OC2=CC3=CCN(C4CCC4)CCC3C=C2)cn1. The fourth-order valence-corrected chi connectivity index (χ4v) is 3.45. The molecule has 4 nitrogen and oxygen atoms in total. The highest BCUT2D eigenvalue weighted by Crippen LogP contribution is 2.32. The number of hydrogen-bond acceptors (Lipinski definition) is 4. The smallest absolute Gasteiger partial charge is 0.237 e. The molecule has 0 radical (unpaired) electrons. The van der Waals surface area contributed by atoms with Crippen molar-refractivity contribution in [2.75, 3.05) is 13.1 Å². The molecule has 0 N–H and O–H groups in total. The predicted molar refractivity (Wildman–Crippen MR) is 90.3 cm³/mol. The van der Waals surface area contributed by atoms with E-state index < -0.39 is 0 Å². The largest absolute Gasteiger partial charge is 0.438 e. The van der Waals surface area contributed by atoms with Crippen LogP contribution in [-0.4, -0.2) is 34.0 Å². The van der Waals surface area contributed by atoms with Gasteiger partial charge in [-0.3, -0.25) is 4.90 Å². The Morgan fingerprint density at radius 2 is 2.09 bits per heavy atom. The molecule has 2 heterocycles. The first-order valence-electron chi connectivity index (χ1n) is 8.27. The molecule has 23 heavy (non-hydrogen) atoms. The Bertz CT molecular complexity index is 661. The van der Waals surface area contributed by atoms with Gasteiger partial charge in [-0.25, -0.2) is 9.97 Å². The number of allylic oxidation sites excluding steroid dienone is 4. The summed E-state index contributed by atoms with van der Waals surface area (Å²) in [6, 6.07) is 0.806. The van der Waals surface area contributed by atoms with Crippen molar-refractivity contribution in [2.24, 2.45) is 5.92 Å². The Balaban J connectivity index is 1.47. The molecular weight excluding hydrogens is 310 g/mol. The standard InChI is InChI=1S/C18H20ClN3O/c19-17-11-21-18(12-20-17)23-16-5-4-13-6-8-22(15-2-1-3-15)9-7-14(13)10-16/h4-5,7,10-13,15H,1-3,6,8-9H2. The van der Waals surface area contributed by atoms with Gasteiger partial charge in [0.05, 0.1) is 12.4 Å². The molecule has 0 bridgehead atoms. The van der Waals surface area contributed by atoms with Gasteiger partial charge in [0.1, 0.15) is 10.9 Å². The van der Waals surface area contributed by atoms with E-state index in [0.29, 0.717) is 17.0 Å². The Morgan fingerprint density at radius 3 is 2.83 bits per heavy atom. The fourth-order valence-electron chi connectivity index (χ4n) is 3.35. The summed E-state index contributed by atoms with van der Waals surface area (Å²) >= 11 is 5.75. The molecule has 3 aliphatic rings. The lowest BCUT2D eigenvalue weighted by Gasteiger charge is -2.36. The van der Waals surface area contributed by atoms with Gasteiger partial charge in [-0.1, -0.05) is 30.2 Å². The van der Waals surface area contributed by atoms with E-state index >= 15 is 0 Å². The lowest BCUT2D eigenvalue weighted by Crippen LogP contribution is -2.40. The molecule has 1 aromatic heterocycles. The van der Waals surface area contributed by atoms with Crippen LogP contribution in [0.3, 0.4) is 0 Å². The molecule has 0 aromatic carbocycles. The van der Waals surface area contributed by atoms with E-state index in [2.05, 4.69) is 33.1 Å². The lowest BCUT2D eigenvalue weighted by molar-refractivity contribution is 0.141. The summed E-state index contributed by atoms with van der Waals surface area (Å²) in [7, 11) is 0. The fraction of sp³-hybridized carbons (Fsp3) is 0.444. The average Bonchev–Trinajstić information content (AvgIpc) is 2.71. The summed E-state index contributed by atoms with van der Waals surface area (Å²) in [5.74, 6) is 1.78. The monoisotopic (exact) mass is 329 g/mol. The maximum Gasteiger partial charge on any atom is 0.237 e. The Morgan fingerprint density at radius 1 is 1.17 bits per heavy atom. The van der Waals surface area contributed by atoms with Crippen molar-refractivity contribution in [2.45, 2.75) is 31.7 Å². The number of rotatable bonds is 3. The van der Waals surface area contributed by atoms with Crippen LogP contribution in [0, 0.1) is 5.92 Å². The Kier molecular flexibility index (Phi) is 4.19. The first kappa shape index (κ1) is 14.9. The molecule has 0 amide bonds. The van der Waals surface area contributed by atoms with Crippen molar-refractivity contribution < 1.29 is 4.74 Å². The maximum absolute atomic E-state index is 5.79. The van der Waals surface area contributed by atoms with Crippen molar-refractivity contribution >= 4 is 11.6 Å². The summed E-state index contributed by atoms with van der Waals surface area (Å²) in [6.07, 6.45) is 17.1. The second-order valence-electron chi connectivity index (χ2n) is 6.36. The number of aromatic nitrogens is 2. The second kappa shape index (κ2) is 6.46. The summed E-state index contributed by atoms with van der Waals surface area (Å²) in [5, 5.41) is 0.369. The van der Waals surface area contributed by atoms with E-state index in [1.165, 1.54) is 44.0 Å². The molecule has 1 aliphatic heterocycles. The Hall–Kier alpha value is -1.65. The van der Waals surface area contributed by atoms with Crippen LogP contribution >= 0.6 is 11.6 Å². The van der Waals surface area contributed by atoms with Crippen LogP contribution in [-0.2, 0) is 0 Å². The van der Waals surface area contributed by atoms with Crippen LogP contribution in [0.4, 0.5) is 0 Å². The third-order valence-electron chi connectivity index (χ3n) is 4.93. The van der Waals surface area contributed by atoms with E-state index in [1.54, 1.807) is 6.20 Å². The van der Waals surface area contributed by atoms with E-state index in [-0.39, 0.29) is 0 Å². The highest BCUT2D eigenvalue weighted by atomic mass is 35.5. The Labute approximate surface area is 141 Å². The van der Waals surface area contributed by atoms with Gasteiger partial charge in [0, 0.05) is 18.5 Å².